The lowest BCUT2D eigenvalue weighted by Crippen LogP contribution is -2.24. The summed E-state index contributed by atoms with van der Waals surface area (Å²) in [5.41, 5.74) is 3.40. The third-order valence-electron chi connectivity index (χ3n) is 4.91. The largest absolute Gasteiger partial charge is 0.356 e. The van der Waals surface area contributed by atoms with Gasteiger partial charge in [0.1, 0.15) is 11.3 Å². The maximum absolute atomic E-state index is 12.0. The number of carbonyl (C=O) groups is 1. The van der Waals surface area contributed by atoms with Crippen LogP contribution >= 0.6 is 11.6 Å². The summed E-state index contributed by atoms with van der Waals surface area (Å²) in [6.45, 7) is 2.88. The molecule has 4 rings (SSSR count). The van der Waals surface area contributed by atoms with Gasteiger partial charge in [-0.05, 0) is 24.6 Å². The van der Waals surface area contributed by atoms with Crippen LogP contribution < -0.4 is 5.32 Å². The van der Waals surface area contributed by atoms with Gasteiger partial charge in [-0.2, -0.15) is 5.10 Å². The number of fused-ring (bicyclic) bond motifs is 3. The van der Waals surface area contributed by atoms with E-state index >= 15 is 0 Å². The molecule has 1 amide bonds. The highest BCUT2D eigenvalue weighted by atomic mass is 35.5. The lowest BCUT2D eigenvalue weighted by Gasteiger charge is -2.04. The van der Waals surface area contributed by atoms with Gasteiger partial charge < -0.3 is 5.32 Å². The summed E-state index contributed by atoms with van der Waals surface area (Å²) in [5.74, 6) is 0.814. The summed E-state index contributed by atoms with van der Waals surface area (Å²) in [6.07, 6.45) is 7.99. The van der Waals surface area contributed by atoms with Crippen LogP contribution in [0.3, 0.4) is 0 Å². The molecule has 0 saturated heterocycles. The molecule has 1 N–H and O–H groups in total. The highest BCUT2D eigenvalue weighted by Crippen LogP contribution is 2.23. The average Bonchev–Trinajstić information content (AvgIpc) is 3.34. The molecule has 8 heteroatoms. The molecule has 150 valence electrons. The third kappa shape index (κ3) is 4.24. The molecule has 0 fully saturated rings. The molecule has 0 aliphatic carbocycles. The van der Waals surface area contributed by atoms with Crippen molar-refractivity contribution in [1.29, 1.82) is 0 Å². The van der Waals surface area contributed by atoms with E-state index in [9.17, 15) is 4.79 Å². The first kappa shape index (κ1) is 19.4. The monoisotopic (exact) mass is 410 g/mol. The van der Waals surface area contributed by atoms with Crippen LogP contribution in [0.4, 0.5) is 0 Å². The van der Waals surface area contributed by atoms with E-state index in [4.69, 9.17) is 11.6 Å². The molecule has 0 saturated carbocycles. The summed E-state index contributed by atoms with van der Waals surface area (Å²) in [4.78, 5) is 12.0. The van der Waals surface area contributed by atoms with E-state index in [1.54, 1.807) is 4.52 Å². The van der Waals surface area contributed by atoms with Gasteiger partial charge in [-0.1, -0.05) is 43.5 Å². The van der Waals surface area contributed by atoms with Crippen LogP contribution in [0.1, 0.15) is 38.4 Å². The molecule has 3 aromatic heterocycles. The van der Waals surface area contributed by atoms with E-state index in [0.29, 0.717) is 17.9 Å². The Bertz CT molecular complexity index is 1130. The summed E-state index contributed by atoms with van der Waals surface area (Å²) in [5, 5.41) is 16.9. The van der Waals surface area contributed by atoms with E-state index in [0.717, 1.165) is 54.1 Å². The Morgan fingerprint density at radius 2 is 1.97 bits per heavy atom. The van der Waals surface area contributed by atoms with Crippen LogP contribution in [0.2, 0.25) is 5.02 Å². The van der Waals surface area contributed by atoms with Gasteiger partial charge in [0.05, 0.1) is 5.69 Å². The van der Waals surface area contributed by atoms with Gasteiger partial charge in [0.2, 0.25) is 5.91 Å². The predicted molar refractivity (Wildman–Crippen MR) is 113 cm³/mol. The first-order valence-corrected chi connectivity index (χ1v) is 10.3. The lowest BCUT2D eigenvalue weighted by molar-refractivity contribution is -0.121. The number of halogens is 1. The van der Waals surface area contributed by atoms with Crippen molar-refractivity contribution in [3.63, 3.8) is 0 Å². The smallest absolute Gasteiger partial charge is 0.220 e. The molecule has 29 heavy (non-hydrogen) atoms. The van der Waals surface area contributed by atoms with E-state index < -0.39 is 0 Å². The molecule has 0 radical (unpaired) electrons. The molecule has 0 aliphatic rings. The standard InChI is InChI=1S/C21H23ClN6O/c1-2-3-4-11-23-20(29)10-9-19-24-25-21-18-14-17(15-5-7-16(22)8-6-15)26-28(18)13-12-27(19)21/h5-8,12-14H,2-4,9-11H2,1H3,(H,23,29). The van der Waals surface area contributed by atoms with Crippen molar-refractivity contribution in [2.75, 3.05) is 6.54 Å². The fraction of sp³-hybridized carbons (Fsp3) is 0.333. The molecule has 3 heterocycles. The molecule has 7 nitrogen and oxygen atoms in total. The van der Waals surface area contributed by atoms with Crippen LogP contribution in [0, 0.1) is 0 Å². The zero-order valence-corrected chi connectivity index (χ0v) is 17.1. The van der Waals surface area contributed by atoms with Crippen LogP contribution in [0.15, 0.2) is 42.7 Å². The summed E-state index contributed by atoms with van der Waals surface area (Å²) < 4.78 is 3.71. The molecule has 0 aliphatic heterocycles. The summed E-state index contributed by atoms with van der Waals surface area (Å²) in [7, 11) is 0. The number of hydrogen-bond acceptors (Lipinski definition) is 4. The number of aryl methyl sites for hydroxylation is 1. The van der Waals surface area contributed by atoms with Crippen LogP contribution in [-0.4, -0.2) is 36.7 Å². The normalized spacial score (nSPS) is 11.4. The average molecular weight is 411 g/mol. The first-order chi connectivity index (χ1) is 14.2. The van der Waals surface area contributed by atoms with Crippen molar-refractivity contribution in [3.05, 3.63) is 53.6 Å². The Morgan fingerprint density at radius 1 is 1.14 bits per heavy atom. The number of unbranched alkanes of at least 4 members (excludes halogenated alkanes) is 2. The number of amides is 1. The van der Waals surface area contributed by atoms with Crippen LogP contribution in [0.5, 0.6) is 0 Å². The van der Waals surface area contributed by atoms with Crippen molar-refractivity contribution in [2.45, 2.75) is 39.0 Å². The van der Waals surface area contributed by atoms with Crippen molar-refractivity contribution in [3.8, 4) is 11.3 Å². The second kappa shape index (κ2) is 8.61. The number of nitrogens with one attached hydrogen (secondary N) is 1. The minimum atomic E-state index is 0.0494. The quantitative estimate of drug-likeness (QED) is 0.446. The van der Waals surface area contributed by atoms with E-state index in [-0.39, 0.29) is 5.91 Å². The first-order valence-electron chi connectivity index (χ1n) is 9.90. The fourth-order valence-electron chi connectivity index (χ4n) is 3.31. The highest BCUT2D eigenvalue weighted by Gasteiger charge is 2.13. The second-order valence-electron chi connectivity index (χ2n) is 7.03. The Morgan fingerprint density at radius 3 is 2.76 bits per heavy atom. The molecule has 0 unspecified atom stereocenters. The second-order valence-corrected chi connectivity index (χ2v) is 7.47. The maximum Gasteiger partial charge on any atom is 0.220 e. The van der Waals surface area contributed by atoms with Gasteiger partial charge in [0, 0.05) is 42.4 Å². The molecule has 1 aromatic carbocycles. The van der Waals surface area contributed by atoms with Gasteiger partial charge in [-0.25, -0.2) is 4.52 Å². The molecule has 4 aromatic rings. The highest BCUT2D eigenvalue weighted by molar-refractivity contribution is 6.30. The third-order valence-corrected chi connectivity index (χ3v) is 5.16. The number of carbonyl (C=O) groups excluding carboxylic acids is 1. The van der Waals surface area contributed by atoms with Gasteiger partial charge >= 0.3 is 0 Å². The lowest BCUT2D eigenvalue weighted by atomic mass is 10.1. The van der Waals surface area contributed by atoms with Crippen LogP contribution in [-0.2, 0) is 11.2 Å². The van der Waals surface area contributed by atoms with Gasteiger partial charge in [0.15, 0.2) is 5.65 Å². The Labute approximate surface area is 173 Å². The Kier molecular flexibility index (Phi) is 5.76. The minimum Gasteiger partial charge on any atom is -0.356 e. The Balaban J connectivity index is 1.52. The maximum atomic E-state index is 12.0. The molecular formula is C21H23ClN6O. The molecular weight excluding hydrogens is 388 g/mol. The number of nitrogens with zero attached hydrogens (tertiary/aromatic N) is 5. The Hall–Kier alpha value is -2.93. The SMILES string of the molecule is CCCCCNC(=O)CCc1nnc2c3cc(-c4ccc(Cl)cc4)nn3ccn12. The van der Waals surface area contributed by atoms with Crippen molar-refractivity contribution < 1.29 is 4.79 Å². The fourth-order valence-corrected chi connectivity index (χ4v) is 3.43. The molecule has 0 bridgehead atoms. The minimum absolute atomic E-state index is 0.0494. The van der Waals surface area contributed by atoms with E-state index in [1.807, 2.05) is 47.1 Å². The van der Waals surface area contributed by atoms with Gasteiger partial charge in [-0.15, -0.1) is 10.2 Å². The van der Waals surface area contributed by atoms with Crippen LogP contribution in [0.25, 0.3) is 22.4 Å². The van der Waals surface area contributed by atoms with Crippen molar-refractivity contribution in [1.82, 2.24) is 29.5 Å². The zero-order valence-electron chi connectivity index (χ0n) is 16.3. The predicted octanol–water partition coefficient (Wildman–Crippen LogP) is 3.94. The van der Waals surface area contributed by atoms with E-state index in [1.165, 1.54) is 0 Å². The number of hydrogen-bond donors (Lipinski definition) is 1. The molecule has 0 spiro atoms. The van der Waals surface area contributed by atoms with E-state index in [2.05, 4.69) is 27.5 Å². The number of rotatable bonds is 8. The van der Waals surface area contributed by atoms with Crippen molar-refractivity contribution in [2.24, 2.45) is 0 Å². The van der Waals surface area contributed by atoms with Crippen molar-refractivity contribution >= 4 is 28.7 Å². The van der Waals surface area contributed by atoms with Gasteiger partial charge in [-0.3, -0.25) is 9.20 Å². The topological polar surface area (TPSA) is 76.6 Å². The van der Waals surface area contributed by atoms with Gasteiger partial charge in [0.25, 0.3) is 0 Å². The number of aromatic nitrogens is 5. The number of benzene rings is 1. The zero-order chi connectivity index (χ0) is 20.2. The summed E-state index contributed by atoms with van der Waals surface area (Å²) in [6, 6.07) is 9.56. The summed E-state index contributed by atoms with van der Waals surface area (Å²) >= 11 is 5.98. The molecule has 0 atom stereocenters.